The van der Waals surface area contributed by atoms with E-state index in [1.54, 1.807) is 18.3 Å². The Morgan fingerprint density at radius 1 is 1.29 bits per heavy atom. The van der Waals surface area contributed by atoms with Gasteiger partial charge in [-0.05, 0) is 31.2 Å². The number of carbonyl (C=O) groups excluding carboxylic acids is 1. The number of hydrogen-bond acceptors (Lipinski definition) is 5. The Hall–Kier alpha value is -2.56. The van der Waals surface area contributed by atoms with Crippen LogP contribution in [0.4, 0.5) is 11.4 Å². The molecular formula is C16H19N3O2. The Bertz CT molecular complexity index is 614. The van der Waals surface area contributed by atoms with E-state index >= 15 is 0 Å². The van der Waals surface area contributed by atoms with Gasteiger partial charge in [0.2, 0.25) is 0 Å². The lowest BCUT2D eigenvalue weighted by Crippen LogP contribution is -2.24. The molecule has 0 spiro atoms. The molecule has 2 rings (SSSR count). The highest BCUT2D eigenvalue weighted by atomic mass is 16.5. The smallest absolute Gasteiger partial charge is 0.340 e. The van der Waals surface area contributed by atoms with E-state index in [1.165, 1.54) is 7.11 Å². The minimum Gasteiger partial charge on any atom is -0.465 e. The molecule has 0 bridgehead atoms. The summed E-state index contributed by atoms with van der Waals surface area (Å²) in [5.41, 5.74) is 8.70. The summed E-state index contributed by atoms with van der Waals surface area (Å²) in [6.45, 7) is 3.42. The van der Waals surface area contributed by atoms with Gasteiger partial charge in [0.1, 0.15) is 0 Å². The number of para-hydroxylation sites is 1. The Morgan fingerprint density at radius 3 is 2.71 bits per heavy atom. The standard InChI is InChI=1S/C16H19N3O2/c1-3-19(11-12-7-4-5-10-18-12)14-9-6-8-13(15(14)17)16(20)21-2/h4-10H,3,11,17H2,1-2H3. The topological polar surface area (TPSA) is 68.5 Å². The van der Waals surface area contributed by atoms with Crippen molar-refractivity contribution in [3.05, 3.63) is 53.9 Å². The fourth-order valence-corrected chi connectivity index (χ4v) is 2.17. The molecule has 1 heterocycles. The lowest BCUT2D eigenvalue weighted by atomic mass is 10.1. The molecule has 5 heteroatoms. The zero-order chi connectivity index (χ0) is 15.2. The van der Waals surface area contributed by atoms with Crippen LogP contribution in [0, 0.1) is 0 Å². The first-order valence-electron chi connectivity index (χ1n) is 6.79. The Morgan fingerprint density at radius 2 is 2.10 bits per heavy atom. The van der Waals surface area contributed by atoms with Gasteiger partial charge >= 0.3 is 5.97 Å². The molecule has 0 unspecified atom stereocenters. The van der Waals surface area contributed by atoms with Gasteiger partial charge in [-0.3, -0.25) is 4.98 Å². The number of nitrogen functional groups attached to an aromatic ring is 1. The van der Waals surface area contributed by atoms with Gasteiger partial charge in [-0.25, -0.2) is 4.79 Å². The fourth-order valence-electron chi connectivity index (χ4n) is 2.17. The SMILES string of the molecule is CCN(Cc1ccccn1)c1cccc(C(=O)OC)c1N. The average molecular weight is 285 g/mol. The van der Waals surface area contributed by atoms with Crippen molar-refractivity contribution >= 4 is 17.3 Å². The second-order valence-electron chi connectivity index (χ2n) is 4.57. The van der Waals surface area contributed by atoms with E-state index in [1.807, 2.05) is 31.2 Å². The molecule has 2 aromatic rings. The van der Waals surface area contributed by atoms with E-state index in [9.17, 15) is 4.79 Å². The van der Waals surface area contributed by atoms with Gasteiger partial charge in [0.05, 0.1) is 36.3 Å². The summed E-state index contributed by atoms with van der Waals surface area (Å²) in [5, 5.41) is 0. The first-order valence-corrected chi connectivity index (χ1v) is 6.79. The molecule has 0 aliphatic heterocycles. The molecule has 0 aliphatic rings. The van der Waals surface area contributed by atoms with Crippen molar-refractivity contribution < 1.29 is 9.53 Å². The number of pyridine rings is 1. The molecule has 2 N–H and O–H groups in total. The first-order chi connectivity index (χ1) is 10.2. The van der Waals surface area contributed by atoms with Crippen LogP contribution in [0.5, 0.6) is 0 Å². The van der Waals surface area contributed by atoms with Gasteiger partial charge in [-0.2, -0.15) is 0 Å². The largest absolute Gasteiger partial charge is 0.465 e. The summed E-state index contributed by atoms with van der Waals surface area (Å²) in [4.78, 5) is 18.1. The number of anilines is 2. The van der Waals surface area contributed by atoms with E-state index in [0.29, 0.717) is 17.8 Å². The van der Waals surface area contributed by atoms with Crippen molar-refractivity contribution in [3.8, 4) is 0 Å². The quantitative estimate of drug-likeness (QED) is 0.675. The van der Waals surface area contributed by atoms with Crippen LogP contribution < -0.4 is 10.6 Å². The number of nitrogens with two attached hydrogens (primary N) is 1. The normalized spacial score (nSPS) is 10.2. The molecule has 0 amide bonds. The maximum absolute atomic E-state index is 11.7. The van der Waals surface area contributed by atoms with Gasteiger partial charge < -0.3 is 15.4 Å². The van der Waals surface area contributed by atoms with E-state index in [0.717, 1.165) is 17.9 Å². The highest BCUT2D eigenvalue weighted by Gasteiger charge is 2.16. The summed E-state index contributed by atoms with van der Waals surface area (Å²) in [6.07, 6.45) is 1.76. The molecule has 110 valence electrons. The molecule has 1 aromatic carbocycles. The molecule has 0 aliphatic carbocycles. The molecular weight excluding hydrogens is 266 g/mol. The zero-order valence-corrected chi connectivity index (χ0v) is 12.2. The van der Waals surface area contributed by atoms with Gasteiger partial charge in [0.15, 0.2) is 0 Å². The van der Waals surface area contributed by atoms with Crippen molar-refractivity contribution in [1.29, 1.82) is 0 Å². The van der Waals surface area contributed by atoms with Crippen molar-refractivity contribution in [2.45, 2.75) is 13.5 Å². The minimum atomic E-state index is -0.428. The Labute approximate surface area is 124 Å². The highest BCUT2D eigenvalue weighted by Crippen LogP contribution is 2.28. The van der Waals surface area contributed by atoms with Crippen LogP contribution in [-0.2, 0) is 11.3 Å². The predicted molar refractivity (Wildman–Crippen MR) is 83.2 cm³/mol. The summed E-state index contributed by atoms with van der Waals surface area (Å²) in [6, 6.07) is 11.2. The van der Waals surface area contributed by atoms with Gasteiger partial charge in [-0.15, -0.1) is 0 Å². The second kappa shape index (κ2) is 6.74. The van der Waals surface area contributed by atoms with Crippen LogP contribution >= 0.6 is 0 Å². The van der Waals surface area contributed by atoms with Crippen LogP contribution in [0.15, 0.2) is 42.6 Å². The fraction of sp³-hybridized carbons (Fsp3) is 0.250. The minimum absolute atomic E-state index is 0.384. The molecule has 0 radical (unpaired) electrons. The van der Waals surface area contributed by atoms with E-state index in [-0.39, 0.29) is 0 Å². The highest BCUT2D eigenvalue weighted by molar-refractivity contribution is 5.98. The molecule has 0 fully saturated rings. The van der Waals surface area contributed by atoms with Crippen molar-refractivity contribution in [3.63, 3.8) is 0 Å². The second-order valence-corrected chi connectivity index (χ2v) is 4.57. The number of benzene rings is 1. The average Bonchev–Trinajstić information content (AvgIpc) is 2.53. The van der Waals surface area contributed by atoms with Gasteiger partial charge in [0.25, 0.3) is 0 Å². The van der Waals surface area contributed by atoms with Crippen LogP contribution in [0.25, 0.3) is 0 Å². The third-order valence-corrected chi connectivity index (χ3v) is 3.29. The number of hydrogen-bond donors (Lipinski definition) is 1. The number of carbonyl (C=O) groups is 1. The lowest BCUT2D eigenvalue weighted by Gasteiger charge is -2.25. The van der Waals surface area contributed by atoms with Crippen molar-refractivity contribution in [1.82, 2.24) is 4.98 Å². The predicted octanol–water partition coefficient (Wildman–Crippen LogP) is 2.48. The number of esters is 1. The molecule has 5 nitrogen and oxygen atoms in total. The lowest BCUT2D eigenvalue weighted by molar-refractivity contribution is 0.0602. The molecule has 0 atom stereocenters. The van der Waals surface area contributed by atoms with E-state index in [4.69, 9.17) is 10.5 Å². The number of methoxy groups -OCH3 is 1. The van der Waals surface area contributed by atoms with Crippen LogP contribution in [0.2, 0.25) is 0 Å². The Kier molecular flexibility index (Phi) is 4.77. The van der Waals surface area contributed by atoms with Crippen LogP contribution in [0.1, 0.15) is 23.0 Å². The van der Waals surface area contributed by atoms with Crippen molar-refractivity contribution in [2.24, 2.45) is 0 Å². The summed E-state index contributed by atoms with van der Waals surface area (Å²) in [7, 11) is 1.35. The molecule has 21 heavy (non-hydrogen) atoms. The summed E-state index contributed by atoms with van der Waals surface area (Å²) in [5.74, 6) is -0.428. The van der Waals surface area contributed by atoms with Crippen LogP contribution in [0.3, 0.4) is 0 Å². The molecule has 0 saturated carbocycles. The third kappa shape index (κ3) is 3.31. The number of ether oxygens (including phenoxy) is 1. The number of nitrogens with zero attached hydrogens (tertiary/aromatic N) is 2. The van der Waals surface area contributed by atoms with E-state index < -0.39 is 5.97 Å². The third-order valence-electron chi connectivity index (χ3n) is 3.29. The first kappa shape index (κ1) is 14.8. The molecule has 0 saturated heterocycles. The summed E-state index contributed by atoms with van der Waals surface area (Å²) >= 11 is 0. The van der Waals surface area contributed by atoms with E-state index in [2.05, 4.69) is 9.88 Å². The summed E-state index contributed by atoms with van der Waals surface area (Å²) < 4.78 is 4.75. The van der Waals surface area contributed by atoms with Crippen LogP contribution in [-0.4, -0.2) is 24.6 Å². The van der Waals surface area contributed by atoms with Crippen molar-refractivity contribution in [2.75, 3.05) is 24.3 Å². The maximum atomic E-state index is 11.7. The number of aromatic nitrogens is 1. The molecule has 1 aromatic heterocycles. The Balaban J connectivity index is 2.32. The maximum Gasteiger partial charge on any atom is 0.340 e. The van der Waals surface area contributed by atoms with Gasteiger partial charge in [0, 0.05) is 12.7 Å². The monoisotopic (exact) mass is 285 g/mol. The zero-order valence-electron chi connectivity index (χ0n) is 12.2. The number of rotatable bonds is 5. The van der Waals surface area contributed by atoms with Gasteiger partial charge in [-0.1, -0.05) is 12.1 Å².